The second-order valence-corrected chi connectivity index (χ2v) is 14.6. The molecule has 2 aromatic heterocycles. The van der Waals surface area contributed by atoms with Gasteiger partial charge in [-0.25, -0.2) is 19.8 Å². The largest absolute Gasteiger partial charge is 0.458 e. The summed E-state index contributed by atoms with van der Waals surface area (Å²) in [7, 11) is 6.64. The first kappa shape index (κ1) is 23.2. The van der Waals surface area contributed by atoms with Crippen molar-refractivity contribution in [3.8, 4) is 11.4 Å². The fourth-order valence-electron chi connectivity index (χ4n) is 4.98. The van der Waals surface area contributed by atoms with Crippen molar-refractivity contribution in [2.75, 3.05) is 24.5 Å². The minimum atomic E-state index is -1.83. The number of carbonyl (C=O) groups is 1. The van der Waals surface area contributed by atoms with Gasteiger partial charge in [0.2, 0.25) is 0 Å². The van der Waals surface area contributed by atoms with Gasteiger partial charge in [-0.15, -0.1) is 0 Å². The van der Waals surface area contributed by atoms with E-state index in [0.29, 0.717) is 23.4 Å². The van der Waals surface area contributed by atoms with E-state index in [-0.39, 0.29) is 18.6 Å². The van der Waals surface area contributed by atoms with E-state index in [2.05, 4.69) is 24.8 Å². The van der Waals surface area contributed by atoms with Crippen LogP contribution in [0.4, 0.5) is 0 Å². The molecule has 5 rings (SSSR count). The van der Waals surface area contributed by atoms with Gasteiger partial charge in [0.05, 0.1) is 36.2 Å². The Balaban J connectivity index is 1.77. The van der Waals surface area contributed by atoms with Gasteiger partial charge in [0.25, 0.3) is 5.56 Å². The molecule has 6 nitrogen and oxygen atoms in total. The number of pyridine rings is 2. The number of aryl methyl sites for hydroxylation is 1. The van der Waals surface area contributed by atoms with Gasteiger partial charge in [-0.2, -0.15) is 0 Å². The van der Waals surface area contributed by atoms with Crippen LogP contribution in [0.3, 0.4) is 0 Å². The number of hydrogen-bond acceptors (Lipinski definition) is 5. The molecule has 0 aliphatic carbocycles. The van der Waals surface area contributed by atoms with Crippen LogP contribution in [0.1, 0.15) is 35.6 Å². The molecule has 0 bridgehead atoms. The lowest BCUT2D eigenvalue weighted by molar-refractivity contribution is -0.172. The summed E-state index contributed by atoms with van der Waals surface area (Å²) in [4.78, 5) is 30.9. The topological polar surface area (TPSA) is 81.4 Å². The highest BCUT2D eigenvalue weighted by Gasteiger charge is 2.45. The quantitative estimate of drug-likeness (QED) is 0.353. The summed E-state index contributed by atoms with van der Waals surface area (Å²) in [6, 6.07) is 7.73. The summed E-state index contributed by atoms with van der Waals surface area (Å²) in [5.74, 6) is 0.338. The zero-order chi connectivity index (χ0) is 24.4. The van der Waals surface area contributed by atoms with Gasteiger partial charge in [0, 0.05) is 24.3 Å². The number of fused-ring (bicyclic) bond motifs is 5. The third-order valence-electron chi connectivity index (χ3n) is 6.99. The maximum Gasteiger partial charge on any atom is 0.343 e. The highest BCUT2D eigenvalue weighted by Crippen LogP contribution is 2.42. The van der Waals surface area contributed by atoms with E-state index in [0.717, 1.165) is 39.8 Å². The second-order valence-electron chi connectivity index (χ2n) is 10.0. The summed E-state index contributed by atoms with van der Waals surface area (Å²) in [6.45, 7) is 1.99. The third kappa shape index (κ3) is 3.52. The van der Waals surface area contributed by atoms with Crippen LogP contribution in [0.5, 0.6) is 0 Å². The molecule has 0 fully saturated rings. The van der Waals surface area contributed by atoms with E-state index in [9.17, 15) is 14.7 Å². The predicted molar refractivity (Wildman–Crippen MR) is 140 cm³/mol. The standard InChI is InChI=1S/C25H27B2N2O4S/c1-5-25(32)19-11-21-22-17(12-29(21)23(30)18(19)13-33-24(25)31)15(8-9-34(2,3)4)16-10-14(27-26)6-7-20(16)28-22/h6-7,10-11,32H,5,8-9,12-13H2,1-4H3. The van der Waals surface area contributed by atoms with Crippen LogP contribution >= 0.6 is 10.0 Å². The first-order chi connectivity index (χ1) is 16.1. The molecule has 173 valence electrons. The van der Waals surface area contributed by atoms with Crippen LogP contribution in [-0.2, 0) is 34.7 Å². The molecule has 34 heavy (non-hydrogen) atoms. The maximum absolute atomic E-state index is 13.5. The molecule has 1 aromatic carbocycles. The lowest BCUT2D eigenvalue weighted by atomic mass is 9.51. The number of ether oxygens (including phenoxy) is 1. The van der Waals surface area contributed by atoms with E-state index in [1.54, 1.807) is 24.7 Å². The number of carbonyl (C=O) groups excluding carboxylic acids is 1. The van der Waals surface area contributed by atoms with Gasteiger partial charge >= 0.3 is 5.97 Å². The minimum absolute atomic E-state index is 0.123. The van der Waals surface area contributed by atoms with Crippen LogP contribution in [-0.4, -0.2) is 60.1 Å². The number of rotatable bonds is 5. The Morgan fingerprint density at radius 1 is 1.24 bits per heavy atom. The number of aliphatic hydroxyl groups is 1. The molecule has 2 aliphatic heterocycles. The van der Waals surface area contributed by atoms with Crippen molar-refractivity contribution >= 4 is 47.3 Å². The molecule has 0 spiro atoms. The first-order valence-electron chi connectivity index (χ1n) is 11.4. The van der Waals surface area contributed by atoms with Gasteiger partial charge in [-0.3, -0.25) is 4.79 Å². The predicted octanol–water partition coefficient (Wildman–Crippen LogP) is 1.73. The van der Waals surface area contributed by atoms with Crippen LogP contribution in [0.2, 0.25) is 0 Å². The van der Waals surface area contributed by atoms with Crippen molar-refractivity contribution in [1.82, 2.24) is 9.55 Å². The molecule has 0 saturated heterocycles. The molecule has 3 radical (unpaired) electrons. The fourth-order valence-corrected chi connectivity index (χ4v) is 5.79. The summed E-state index contributed by atoms with van der Waals surface area (Å²) >= 11 is 0. The van der Waals surface area contributed by atoms with Crippen LogP contribution < -0.4 is 11.0 Å². The highest BCUT2D eigenvalue weighted by atomic mass is 32.3. The molecule has 9 heteroatoms. The zero-order valence-corrected chi connectivity index (χ0v) is 20.8. The van der Waals surface area contributed by atoms with Gasteiger partial charge in [0.15, 0.2) is 5.60 Å². The molecule has 0 amide bonds. The number of aromatic nitrogens is 2. The van der Waals surface area contributed by atoms with E-state index >= 15 is 0 Å². The van der Waals surface area contributed by atoms with Gasteiger partial charge < -0.3 is 14.4 Å². The summed E-state index contributed by atoms with van der Waals surface area (Å²) < 4.78 is 6.89. The van der Waals surface area contributed by atoms with E-state index in [1.807, 2.05) is 12.1 Å². The Bertz CT molecular complexity index is 1410. The van der Waals surface area contributed by atoms with Crippen molar-refractivity contribution in [2.24, 2.45) is 0 Å². The maximum atomic E-state index is 13.5. The molecule has 1 unspecified atom stereocenters. The Kier molecular flexibility index (Phi) is 5.48. The Morgan fingerprint density at radius 3 is 2.68 bits per heavy atom. The number of hydrogen-bond donors (Lipinski definition) is 1. The Hall–Kier alpha value is -2.51. The fraction of sp³-hybridized carbons (Fsp3) is 0.400. The molecule has 0 saturated carbocycles. The molecular formula is C25H27B2N2O4S. The summed E-state index contributed by atoms with van der Waals surface area (Å²) in [6.07, 6.45) is 7.89. The normalized spacial score (nSPS) is 19.4. The van der Waals surface area contributed by atoms with Crippen molar-refractivity contribution in [2.45, 2.75) is 38.5 Å². The molecule has 3 aromatic rings. The number of benzene rings is 1. The SMILES string of the molecule is [B][B]c1ccc2nc3c(c(CCS(C)(C)C)c2c1)Cn1c-3cc2c(c1=O)COC(=O)C2(O)CC. The number of nitrogens with zero attached hydrogens (tertiary/aromatic N) is 2. The average molecular weight is 473 g/mol. The van der Waals surface area contributed by atoms with Gasteiger partial charge in [0.1, 0.15) is 6.61 Å². The van der Waals surface area contributed by atoms with Crippen LogP contribution in [0.25, 0.3) is 22.3 Å². The van der Waals surface area contributed by atoms with Gasteiger partial charge in [-0.1, -0.05) is 24.5 Å². The smallest absolute Gasteiger partial charge is 0.343 e. The summed E-state index contributed by atoms with van der Waals surface area (Å²) in [5.41, 5.74) is 3.97. The average Bonchev–Trinajstić information content (AvgIpc) is 3.17. The molecular weight excluding hydrogens is 446 g/mol. The lowest BCUT2D eigenvalue weighted by Crippen LogP contribution is -2.44. The number of cyclic esters (lactones) is 1. The lowest BCUT2D eigenvalue weighted by Gasteiger charge is -2.31. The first-order valence-corrected chi connectivity index (χ1v) is 14.4. The van der Waals surface area contributed by atoms with Crippen LogP contribution in [0, 0.1) is 0 Å². The molecule has 4 heterocycles. The monoisotopic (exact) mass is 473 g/mol. The van der Waals surface area contributed by atoms with Crippen molar-refractivity contribution in [1.29, 1.82) is 0 Å². The van der Waals surface area contributed by atoms with Gasteiger partial charge in [-0.05, 0) is 55.1 Å². The highest BCUT2D eigenvalue weighted by molar-refractivity contribution is 8.32. The van der Waals surface area contributed by atoms with E-state index in [4.69, 9.17) is 17.5 Å². The molecule has 2 aliphatic rings. The van der Waals surface area contributed by atoms with E-state index in [1.165, 1.54) is 5.56 Å². The minimum Gasteiger partial charge on any atom is -0.458 e. The van der Waals surface area contributed by atoms with Crippen molar-refractivity contribution in [3.63, 3.8) is 0 Å². The Morgan fingerprint density at radius 2 is 2.00 bits per heavy atom. The Labute approximate surface area is 202 Å². The second kappa shape index (κ2) is 8.02. The molecule has 1 atom stereocenters. The van der Waals surface area contributed by atoms with Crippen LogP contribution in [0.15, 0.2) is 29.1 Å². The zero-order valence-electron chi connectivity index (χ0n) is 20.0. The van der Waals surface area contributed by atoms with E-state index < -0.39 is 21.6 Å². The summed E-state index contributed by atoms with van der Waals surface area (Å²) in [5, 5.41) is 12.2. The van der Waals surface area contributed by atoms with Crippen molar-refractivity contribution < 1.29 is 14.6 Å². The molecule has 1 N–H and O–H groups in total. The van der Waals surface area contributed by atoms with Crippen molar-refractivity contribution in [3.05, 3.63) is 56.9 Å². The third-order valence-corrected chi connectivity index (χ3v) is 8.42. The number of esters is 1.